The summed E-state index contributed by atoms with van der Waals surface area (Å²) in [5, 5.41) is 0. The van der Waals surface area contributed by atoms with Crippen LogP contribution in [0.15, 0.2) is 60.7 Å². The van der Waals surface area contributed by atoms with E-state index in [-0.39, 0.29) is 17.6 Å². The van der Waals surface area contributed by atoms with E-state index < -0.39 is 10.0 Å². The Hall–Kier alpha value is -2.18. The molecule has 0 N–H and O–H groups in total. The van der Waals surface area contributed by atoms with Gasteiger partial charge < -0.3 is 4.90 Å². The SMILES string of the molecule is CCS(=O)(=O)N1CCC(C(=O)N(Cc2ccccc2)Cc2ccccc2)CC1. The zero-order chi connectivity index (χ0) is 20.0. The minimum absolute atomic E-state index is 0.111. The normalized spacial score (nSPS) is 16.0. The van der Waals surface area contributed by atoms with Gasteiger partial charge in [0.05, 0.1) is 5.75 Å². The number of carbonyl (C=O) groups is 1. The molecule has 0 unspecified atom stereocenters. The second-order valence-corrected chi connectivity index (χ2v) is 9.50. The van der Waals surface area contributed by atoms with Gasteiger partial charge in [-0.1, -0.05) is 60.7 Å². The van der Waals surface area contributed by atoms with Gasteiger partial charge in [0.2, 0.25) is 15.9 Å². The summed E-state index contributed by atoms with van der Waals surface area (Å²) in [7, 11) is -3.18. The van der Waals surface area contributed by atoms with Crippen LogP contribution in [0.4, 0.5) is 0 Å². The average Bonchev–Trinajstić information content (AvgIpc) is 2.74. The van der Waals surface area contributed by atoms with Gasteiger partial charge in [-0.2, -0.15) is 0 Å². The Morgan fingerprint density at radius 2 is 1.39 bits per heavy atom. The zero-order valence-corrected chi connectivity index (χ0v) is 17.1. The van der Waals surface area contributed by atoms with Crippen LogP contribution in [0.2, 0.25) is 0 Å². The number of hydrogen-bond donors (Lipinski definition) is 0. The molecule has 0 radical (unpaired) electrons. The first kappa shape index (κ1) is 20.6. The van der Waals surface area contributed by atoms with Crippen molar-refractivity contribution >= 4 is 15.9 Å². The van der Waals surface area contributed by atoms with Gasteiger partial charge >= 0.3 is 0 Å². The van der Waals surface area contributed by atoms with Crippen molar-refractivity contribution in [1.29, 1.82) is 0 Å². The van der Waals surface area contributed by atoms with Gasteiger partial charge in [0.25, 0.3) is 0 Å². The van der Waals surface area contributed by atoms with Crippen LogP contribution in [0, 0.1) is 5.92 Å². The van der Waals surface area contributed by atoms with Crippen LogP contribution in [-0.2, 0) is 27.9 Å². The van der Waals surface area contributed by atoms with Crippen LogP contribution in [-0.4, -0.2) is 42.4 Å². The Bertz CT molecular complexity index is 820. The van der Waals surface area contributed by atoms with E-state index in [1.54, 1.807) is 6.92 Å². The Morgan fingerprint density at radius 1 is 0.929 bits per heavy atom. The summed E-state index contributed by atoms with van der Waals surface area (Å²) >= 11 is 0. The van der Waals surface area contributed by atoms with Gasteiger partial charge in [-0.25, -0.2) is 12.7 Å². The van der Waals surface area contributed by atoms with Crippen molar-refractivity contribution in [2.45, 2.75) is 32.9 Å². The molecule has 1 heterocycles. The van der Waals surface area contributed by atoms with Crippen molar-refractivity contribution in [3.8, 4) is 0 Å². The Balaban J connectivity index is 1.71. The quantitative estimate of drug-likeness (QED) is 0.717. The van der Waals surface area contributed by atoms with E-state index >= 15 is 0 Å². The first-order chi connectivity index (χ1) is 13.5. The van der Waals surface area contributed by atoms with Crippen LogP contribution in [0.3, 0.4) is 0 Å². The summed E-state index contributed by atoms with van der Waals surface area (Å²) in [6.45, 7) is 3.63. The van der Waals surface area contributed by atoms with Crippen LogP contribution < -0.4 is 0 Å². The summed E-state index contributed by atoms with van der Waals surface area (Å²) in [4.78, 5) is 15.2. The molecule has 5 nitrogen and oxygen atoms in total. The summed E-state index contributed by atoms with van der Waals surface area (Å²) in [5.41, 5.74) is 2.19. The molecule has 1 amide bonds. The van der Waals surface area contributed by atoms with E-state index in [2.05, 4.69) is 0 Å². The highest BCUT2D eigenvalue weighted by atomic mass is 32.2. The predicted octanol–water partition coefficient (Wildman–Crippen LogP) is 3.28. The second kappa shape index (κ2) is 9.34. The number of benzene rings is 2. The molecule has 6 heteroatoms. The van der Waals surface area contributed by atoms with Crippen molar-refractivity contribution in [2.24, 2.45) is 5.92 Å². The molecule has 1 aliphatic rings. The van der Waals surface area contributed by atoms with Crippen molar-refractivity contribution in [2.75, 3.05) is 18.8 Å². The van der Waals surface area contributed by atoms with E-state index in [1.807, 2.05) is 65.6 Å². The molecule has 0 bridgehead atoms. The fourth-order valence-electron chi connectivity index (χ4n) is 3.64. The van der Waals surface area contributed by atoms with Gasteiger partial charge in [0, 0.05) is 32.1 Å². The first-order valence-corrected chi connectivity index (χ1v) is 11.4. The number of nitrogens with zero attached hydrogens (tertiary/aromatic N) is 2. The average molecular weight is 401 g/mol. The number of sulfonamides is 1. The van der Waals surface area contributed by atoms with Crippen molar-refractivity contribution in [3.05, 3.63) is 71.8 Å². The van der Waals surface area contributed by atoms with E-state index in [0.717, 1.165) is 11.1 Å². The standard InChI is InChI=1S/C22H28N2O3S/c1-2-28(26,27)24-15-13-21(14-16-24)22(25)23(17-19-9-5-3-6-10-19)18-20-11-7-4-8-12-20/h3-12,21H,2,13-18H2,1H3. The molecule has 0 aliphatic carbocycles. The highest BCUT2D eigenvalue weighted by molar-refractivity contribution is 7.89. The summed E-state index contributed by atoms with van der Waals surface area (Å²) in [6.07, 6.45) is 1.16. The minimum Gasteiger partial charge on any atom is -0.334 e. The van der Waals surface area contributed by atoms with E-state index in [0.29, 0.717) is 39.0 Å². The molecule has 28 heavy (non-hydrogen) atoms. The lowest BCUT2D eigenvalue weighted by atomic mass is 9.96. The molecular weight excluding hydrogens is 372 g/mol. The zero-order valence-electron chi connectivity index (χ0n) is 16.3. The van der Waals surface area contributed by atoms with Crippen LogP contribution in [0.5, 0.6) is 0 Å². The summed E-state index contributed by atoms with van der Waals surface area (Å²) in [5.74, 6) is 0.0942. The fraction of sp³-hybridized carbons (Fsp3) is 0.409. The van der Waals surface area contributed by atoms with E-state index in [1.165, 1.54) is 4.31 Å². The lowest BCUT2D eigenvalue weighted by Crippen LogP contribution is -2.44. The first-order valence-electron chi connectivity index (χ1n) is 9.84. The molecule has 3 rings (SSSR count). The number of carbonyl (C=O) groups excluding carboxylic acids is 1. The summed E-state index contributed by atoms with van der Waals surface area (Å²) < 4.78 is 25.7. The molecule has 2 aromatic rings. The lowest BCUT2D eigenvalue weighted by molar-refractivity contribution is -0.138. The lowest BCUT2D eigenvalue weighted by Gasteiger charge is -2.33. The highest BCUT2D eigenvalue weighted by Crippen LogP contribution is 2.24. The minimum atomic E-state index is -3.18. The predicted molar refractivity (Wildman–Crippen MR) is 111 cm³/mol. The molecule has 0 atom stereocenters. The van der Waals surface area contributed by atoms with Gasteiger partial charge in [-0.15, -0.1) is 0 Å². The molecule has 1 aliphatic heterocycles. The van der Waals surface area contributed by atoms with E-state index in [9.17, 15) is 13.2 Å². The highest BCUT2D eigenvalue weighted by Gasteiger charge is 2.32. The molecular formula is C22H28N2O3S. The molecule has 1 saturated heterocycles. The molecule has 1 fully saturated rings. The van der Waals surface area contributed by atoms with Crippen molar-refractivity contribution in [1.82, 2.24) is 9.21 Å². The maximum atomic E-state index is 13.3. The van der Waals surface area contributed by atoms with Gasteiger partial charge in [-0.05, 0) is 30.9 Å². The Kier molecular flexibility index (Phi) is 6.86. The summed E-state index contributed by atoms with van der Waals surface area (Å²) in [6, 6.07) is 20.0. The third-order valence-corrected chi connectivity index (χ3v) is 7.19. The number of amides is 1. The second-order valence-electron chi connectivity index (χ2n) is 7.24. The Morgan fingerprint density at radius 3 is 1.82 bits per heavy atom. The van der Waals surface area contributed by atoms with Gasteiger partial charge in [0.1, 0.15) is 0 Å². The fourth-order valence-corrected chi connectivity index (χ4v) is 4.77. The number of rotatable bonds is 7. The van der Waals surface area contributed by atoms with Crippen LogP contribution in [0.1, 0.15) is 30.9 Å². The maximum Gasteiger partial charge on any atom is 0.226 e. The Labute approximate surface area is 168 Å². The smallest absolute Gasteiger partial charge is 0.226 e. The van der Waals surface area contributed by atoms with Crippen molar-refractivity contribution < 1.29 is 13.2 Å². The molecule has 0 spiro atoms. The molecule has 0 aromatic heterocycles. The third-order valence-electron chi connectivity index (χ3n) is 5.31. The number of piperidine rings is 1. The van der Waals surface area contributed by atoms with E-state index in [4.69, 9.17) is 0 Å². The van der Waals surface area contributed by atoms with Gasteiger partial charge in [-0.3, -0.25) is 4.79 Å². The molecule has 2 aromatic carbocycles. The monoisotopic (exact) mass is 400 g/mol. The van der Waals surface area contributed by atoms with Crippen LogP contribution in [0.25, 0.3) is 0 Å². The number of hydrogen-bond acceptors (Lipinski definition) is 3. The third kappa shape index (κ3) is 5.20. The topological polar surface area (TPSA) is 57.7 Å². The molecule has 0 saturated carbocycles. The van der Waals surface area contributed by atoms with Crippen LogP contribution >= 0.6 is 0 Å². The maximum absolute atomic E-state index is 13.3. The van der Waals surface area contributed by atoms with Crippen molar-refractivity contribution in [3.63, 3.8) is 0 Å². The van der Waals surface area contributed by atoms with Gasteiger partial charge in [0.15, 0.2) is 0 Å². The molecule has 150 valence electrons. The largest absolute Gasteiger partial charge is 0.334 e.